The summed E-state index contributed by atoms with van der Waals surface area (Å²) in [5.74, 6) is 1.55. The molecule has 0 radical (unpaired) electrons. The lowest BCUT2D eigenvalue weighted by Crippen LogP contribution is -2.48. The zero-order valence-electron chi connectivity index (χ0n) is 51.5. The summed E-state index contributed by atoms with van der Waals surface area (Å²) in [5, 5.41) is 8.99. The summed E-state index contributed by atoms with van der Waals surface area (Å²) in [5.41, 5.74) is 11.8. The molecule has 8 aromatic heterocycles. The zero-order valence-corrected chi connectivity index (χ0v) is 56.6. The molecular formula is C62H87BrCl2N16O2Si2. The van der Waals surface area contributed by atoms with Crippen molar-refractivity contribution in [1.29, 1.82) is 0 Å². The molecule has 0 spiro atoms. The fraction of sp³-hybridized carbons (Fsp3) is 0.548. The van der Waals surface area contributed by atoms with Crippen LogP contribution in [-0.4, -0.2) is 154 Å². The van der Waals surface area contributed by atoms with Gasteiger partial charge in [0.05, 0.1) is 34.8 Å². The van der Waals surface area contributed by atoms with Crippen LogP contribution in [0.2, 0.25) is 46.6 Å². The molecule has 0 amide bonds. The number of pyridine rings is 4. The van der Waals surface area contributed by atoms with Crippen molar-refractivity contribution in [1.82, 2.24) is 58.8 Å². The summed E-state index contributed by atoms with van der Waals surface area (Å²) in [6.07, 6.45) is 20.5. The number of halogens is 3. The van der Waals surface area contributed by atoms with Gasteiger partial charge in [0.2, 0.25) is 11.9 Å². The molecule has 3 N–H and O–H groups in total. The van der Waals surface area contributed by atoms with Gasteiger partial charge in [-0.15, -0.1) is 0 Å². The van der Waals surface area contributed by atoms with Crippen LogP contribution in [0.15, 0.2) is 78.2 Å². The van der Waals surface area contributed by atoms with Crippen LogP contribution in [0.4, 0.5) is 29.1 Å². The van der Waals surface area contributed by atoms with Crippen molar-refractivity contribution in [2.45, 2.75) is 141 Å². The number of aromatic nitrogens is 10. The molecular weight excluding hydrogens is 1210 g/mol. The molecule has 2 aliphatic heterocycles. The van der Waals surface area contributed by atoms with Crippen LogP contribution >= 0.6 is 39.1 Å². The van der Waals surface area contributed by atoms with Crippen molar-refractivity contribution in [3.05, 3.63) is 88.5 Å². The van der Waals surface area contributed by atoms with Crippen molar-refractivity contribution >= 4 is 129 Å². The van der Waals surface area contributed by atoms with Crippen LogP contribution in [0.1, 0.15) is 105 Å². The maximum Gasteiger partial charge on any atom is 0.230 e. The van der Waals surface area contributed by atoms with E-state index in [0.717, 1.165) is 164 Å². The van der Waals surface area contributed by atoms with Crippen molar-refractivity contribution < 1.29 is 8.85 Å². The predicted octanol–water partition coefficient (Wildman–Crippen LogP) is 14.3. The lowest BCUT2D eigenvalue weighted by atomic mass is 10.2. The van der Waals surface area contributed by atoms with Gasteiger partial charge in [0.1, 0.15) is 21.7 Å². The molecule has 10 heterocycles. The fourth-order valence-electron chi connectivity index (χ4n) is 11.6. The number of piperazine rings is 2. The number of nitrogen functional groups attached to an aromatic ring is 1. The molecule has 0 atom stereocenters. The predicted molar refractivity (Wildman–Crippen MR) is 358 cm³/mol. The first-order valence-electron chi connectivity index (χ1n) is 30.5. The molecule has 0 unspecified atom stereocenters. The molecule has 0 aromatic carbocycles. The molecule has 12 rings (SSSR count). The van der Waals surface area contributed by atoms with E-state index < -0.39 is 16.6 Å². The Kier molecular flexibility index (Phi) is 19.8. The normalized spacial score (nSPS) is 17.3. The molecule has 85 heavy (non-hydrogen) atoms. The van der Waals surface area contributed by atoms with E-state index in [1.54, 1.807) is 18.6 Å². The topological polar surface area (TPSA) is 182 Å². The SMILES string of the molecule is CC(C)(C)[Si](C)(C)OCCN1CCN(c2ccc(Br)nc2)CC1.CC(C)(C)[Si](C)(C)OCCN1CCN(c2ccc(Nc3ncc4c5ccnc(Cl)c5n(C5CCCC5)c4n3)nc2)CC1.Nc1ncc2c3ccnc(Cl)c3n(C3CCCC3)c2n1. The third-order valence-corrected chi connectivity index (χ3v) is 28.8. The van der Waals surface area contributed by atoms with Gasteiger partial charge in [-0.25, -0.2) is 29.9 Å². The number of nitrogens with zero attached hydrogens (tertiary/aromatic N) is 14. The van der Waals surface area contributed by atoms with Crippen molar-refractivity contribution in [2.24, 2.45) is 0 Å². The molecule has 2 saturated heterocycles. The van der Waals surface area contributed by atoms with Gasteiger partial charge in [0.15, 0.2) is 26.9 Å². The average Bonchev–Trinajstić information content (AvgIpc) is 1.79. The molecule has 23 heteroatoms. The Hall–Kier alpha value is -5.11. The number of rotatable bonds is 14. The van der Waals surface area contributed by atoms with Gasteiger partial charge < -0.3 is 38.8 Å². The Morgan fingerprint density at radius 3 is 1.44 bits per heavy atom. The summed E-state index contributed by atoms with van der Waals surface area (Å²) in [4.78, 5) is 45.6. The van der Waals surface area contributed by atoms with E-state index in [0.29, 0.717) is 39.3 Å². The quantitative estimate of drug-likeness (QED) is 0.0774. The monoisotopic (exact) mass is 1290 g/mol. The molecule has 0 bridgehead atoms. The highest BCUT2D eigenvalue weighted by molar-refractivity contribution is 9.10. The zero-order chi connectivity index (χ0) is 60.3. The first-order chi connectivity index (χ1) is 40.5. The Morgan fingerprint density at radius 1 is 0.553 bits per heavy atom. The van der Waals surface area contributed by atoms with E-state index in [1.807, 2.05) is 42.9 Å². The van der Waals surface area contributed by atoms with Crippen LogP contribution in [0.3, 0.4) is 0 Å². The van der Waals surface area contributed by atoms with Crippen LogP contribution in [0.5, 0.6) is 0 Å². The summed E-state index contributed by atoms with van der Waals surface area (Å²) >= 11 is 16.3. The van der Waals surface area contributed by atoms with Crippen molar-refractivity contribution in [3.63, 3.8) is 0 Å². The smallest absolute Gasteiger partial charge is 0.230 e. The van der Waals surface area contributed by atoms with Crippen LogP contribution in [-0.2, 0) is 8.85 Å². The minimum Gasteiger partial charge on any atom is -0.416 e. The molecule has 18 nitrogen and oxygen atoms in total. The van der Waals surface area contributed by atoms with Gasteiger partial charge in [0.25, 0.3) is 0 Å². The van der Waals surface area contributed by atoms with Gasteiger partial charge in [-0.3, -0.25) is 9.80 Å². The number of nitrogens with two attached hydrogens (primary N) is 1. The van der Waals surface area contributed by atoms with Crippen molar-refractivity contribution in [3.8, 4) is 0 Å². The third-order valence-electron chi connectivity index (χ3n) is 18.7. The lowest BCUT2D eigenvalue weighted by Gasteiger charge is -2.38. The van der Waals surface area contributed by atoms with Gasteiger partial charge in [-0.2, -0.15) is 9.97 Å². The summed E-state index contributed by atoms with van der Waals surface area (Å²) in [6, 6.07) is 13.1. The Balaban J connectivity index is 0.000000157. The van der Waals surface area contributed by atoms with E-state index >= 15 is 0 Å². The highest BCUT2D eigenvalue weighted by Gasteiger charge is 2.38. The second-order valence-corrected chi connectivity index (χ2v) is 37.4. The molecule has 456 valence electrons. The maximum absolute atomic E-state index is 6.61. The summed E-state index contributed by atoms with van der Waals surface area (Å²) in [7, 11) is -3.30. The largest absolute Gasteiger partial charge is 0.416 e. The van der Waals surface area contributed by atoms with Crippen LogP contribution in [0, 0.1) is 0 Å². The Bertz CT molecular complexity index is 3530. The highest BCUT2D eigenvalue weighted by Crippen LogP contribution is 2.42. The maximum atomic E-state index is 6.61. The van der Waals surface area contributed by atoms with E-state index in [1.165, 1.54) is 31.4 Å². The van der Waals surface area contributed by atoms with Gasteiger partial charge in [-0.05, 0) is 114 Å². The molecule has 2 saturated carbocycles. The van der Waals surface area contributed by atoms with Crippen LogP contribution < -0.4 is 20.9 Å². The minimum atomic E-state index is -1.69. The standard InChI is InChI=1S/C31H43ClN8OSi.C17H30BrN3OSi.C14H14ClN5/c1-31(2,3)42(4,5)41-19-18-38-14-16-39(17-15-38)23-10-11-26(34-20-23)36-30-35-21-25-24-12-13-33-28(32)27(24)40(29(25)37-30)22-8-6-7-9-22;1-17(2,3)23(4,5)22-13-12-20-8-10-21(11-9-20)15-6-7-16(18)19-14-15;15-12-11-9(5-6-17-12)10-7-18-14(16)19-13(10)20(11)8-3-1-2-4-8/h10-13,20-22H,6-9,14-19H2,1-5H3,(H,34,35,36,37);6-7,14H,8-13H2,1-5H3;5-8H,1-4H2,(H2,16,18,19). The van der Waals surface area contributed by atoms with Crippen LogP contribution in [0.25, 0.3) is 43.9 Å². The second kappa shape index (κ2) is 26.7. The highest BCUT2D eigenvalue weighted by atomic mass is 79.9. The average molecular weight is 1300 g/mol. The third kappa shape index (κ3) is 14.6. The first-order valence-corrected chi connectivity index (χ1v) is 37.9. The number of hydrogen-bond acceptors (Lipinski definition) is 16. The van der Waals surface area contributed by atoms with Gasteiger partial charge in [-0.1, -0.05) is 90.4 Å². The molecule has 2 aliphatic carbocycles. The van der Waals surface area contributed by atoms with Crippen molar-refractivity contribution in [2.75, 3.05) is 99.5 Å². The number of fused-ring (bicyclic) bond motifs is 6. The minimum absolute atomic E-state index is 0.250. The van der Waals surface area contributed by atoms with E-state index in [-0.39, 0.29) is 5.04 Å². The van der Waals surface area contributed by atoms with E-state index in [9.17, 15) is 0 Å². The summed E-state index contributed by atoms with van der Waals surface area (Å²) < 4.78 is 18.1. The lowest BCUT2D eigenvalue weighted by molar-refractivity contribution is 0.191. The van der Waals surface area contributed by atoms with E-state index in [4.69, 9.17) is 47.8 Å². The molecule has 4 fully saturated rings. The van der Waals surface area contributed by atoms with Gasteiger partial charge in [0, 0.05) is 137 Å². The second-order valence-electron chi connectivity index (χ2n) is 26.2. The Labute approximate surface area is 522 Å². The number of nitrogens with one attached hydrogen (secondary N) is 1. The van der Waals surface area contributed by atoms with E-state index in [2.05, 4.69) is 160 Å². The van der Waals surface area contributed by atoms with Gasteiger partial charge >= 0.3 is 0 Å². The fourth-order valence-corrected chi connectivity index (χ4v) is 14.4. The molecule has 8 aromatic rings. The number of anilines is 5. The summed E-state index contributed by atoms with van der Waals surface area (Å²) in [6.45, 7) is 35.1. The Morgan fingerprint density at radius 2 is 1.00 bits per heavy atom. The number of hydrogen-bond donors (Lipinski definition) is 2. The molecule has 4 aliphatic rings. The first kappa shape index (κ1) is 62.9.